The van der Waals surface area contributed by atoms with Crippen molar-refractivity contribution >= 4 is 39.6 Å². The van der Waals surface area contributed by atoms with E-state index in [0.29, 0.717) is 16.5 Å². The van der Waals surface area contributed by atoms with Crippen LogP contribution in [0.5, 0.6) is 0 Å². The van der Waals surface area contributed by atoms with Crippen molar-refractivity contribution in [3.63, 3.8) is 0 Å². The van der Waals surface area contributed by atoms with Gasteiger partial charge >= 0.3 is 5.97 Å². The van der Waals surface area contributed by atoms with Crippen LogP contribution in [0.2, 0.25) is 4.34 Å². The maximum Gasteiger partial charge on any atom is 0.341 e. The summed E-state index contributed by atoms with van der Waals surface area (Å²) in [5.74, 6) is -0.123. The second kappa shape index (κ2) is 7.75. The molecule has 3 nitrogen and oxygen atoms in total. The van der Waals surface area contributed by atoms with Gasteiger partial charge in [0.2, 0.25) is 0 Å². The van der Waals surface area contributed by atoms with Gasteiger partial charge in [0.1, 0.15) is 5.00 Å². The van der Waals surface area contributed by atoms with Crippen molar-refractivity contribution in [3.05, 3.63) is 81.2 Å². The van der Waals surface area contributed by atoms with E-state index < -0.39 is 0 Å². The normalized spacial score (nSPS) is 13.4. The standard InChI is InChI=1S/C22H20ClNO2S/c1-2-26-22(25)19-18(16-12-14-8-6-7-9-15(14)13-16)20(23)27-21(19)24-17-10-4-3-5-11-17/h3-11,16,24H,2,12-13H2,1H3. The first kappa shape index (κ1) is 18.1. The van der Waals surface area contributed by atoms with Crippen LogP contribution in [0.15, 0.2) is 54.6 Å². The molecule has 1 N–H and O–H groups in total. The number of benzene rings is 2. The van der Waals surface area contributed by atoms with Crippen molar-refractivity contribution in [2.45, 2.75) is 25.7 Å². The van der Waals surface area contributed by atoms with Crippen molar-refractivity contribution < 1.29 is 9.53 Å². The van der Waals surface area contributed by atoms with Crippen molar-refractivity contribution in [3.8, 4) is 0 Å². The van der Waals surface area contributed by atoms with Gasteiger partial charge in [0.05, 0.1) is 16.5 Å². The molecule has 1 aliphatic rings. The Balaban J connectivity index is 1.74. The fourth-order valence-electron chi connectivity index (χ4n) is 3.69. The van der Waals surface area contributed by atoms with E-state index in [9.17, 15) is 4.79 Å². The maximum absolute atomic E-state index is 12.8. The van der Waals surface area contributed by atoms with Gasteiger partial charge in [-0.1, -0.05) is 54.1 Å². The second-order valence-corrected chi connectivity index (χ2v) is 8.20. The highest BCUT2D eigenvalue weighted by Gasteiger charge is 2.33. The molecule has 0 amide bonds. The third-order valence-corrected chi connectivity index (χ3v) is 6.21. The van der Waals surface area contributed by atoms with Gasteiger partial charge in [-0.25, -0.2) is 4.79 Å². The Labute approximate surface area is 167 Å². The number of para-hydroxylation sites is 1. The summed E-state index contributed by atoms with van der Waals surface area (Å²) in [6, 6.07) is 18.2. The van der Waals surface area contributed by atoms with Crippen LogP contribution in [-0.2, 0) is 17.6 Å². The highest BCUT2D eigenvalue weighted by atomic mass is 35.5. The number of hydrogen-bond donors (Lipinski definition) is 1. The summed E-state index contributed by atoms with van der Waals surface area (Å²) >= 11 is 8.06. The van der Waals surface area contributed by atoms with Crippen LogP contribution in [0.4, 0.5) is 10.7 Å². The SMILES string of the molecule is CCOC(=O)c1c(Nc2ccccc2)sc(Cl)c1C1Cc2ccccc2C1. The first-order valence-corrected chi connectivity index (χ1v) is 10.2. The zero-order valence-electron chi connectivity index (χ0n) is 15.0. The average molecular weight is 398 g/mol. The third kappa shape index (κ3) is 3.60. The number of esters is 1. The van der Waals surface area contributed by atoms with Crippen molar-refractivity contribution in [2.24, 2.45) is 0 Å². The van der Waals surface area contributed by atoms with Gasteiger partial charge in [0.25, 0.3) is 0 Å². The fraction of sp³-hybridized carbons (Fsp3) is 0.227. The molecule has 3 aromatic rings. The molecule has 0 atom stereocenters. The van der Waals surface area contributed by atoms with E-state index in [1.54, 1.807) is 0 Å². The third-order valence-electron chi connectivity index (χ3n) is 4.87. The second-order valence-electron chi connectivity index (χ2n) is 6.58. The molecule has 5 heteroatoms. The lowest BCUT2D eigenvalue weighted by Gasteiger charge is -2.13. The van der Waals surface area contributed by atoms with Crippen LogP contribution >= 0.6 is 22.9 Å². The largest absolute Gasteiger partial charge is 0.462 e. The van der Waals surface area contributed by atoms with Gasteiger partial charge in [0, 0.05) is 11.3 Å². The molecule has 0 saturated heterocycles. The Morgan fingerprint density at radius 1 is 1.11 bits per heavy atom. The summed E-state index contributed by atoms with van der Waals surface area (Å²) in [5, 5.41) is 4.10. The summed E-state index contributed by atoms with van der Waals surface area (Å²) in [5.41, 5.74) is 5.07. The van der Waals surface area contributed by atoms with Crippen LogP contribution in [0, 0.1) is 0 Å². The Morgan fingerprint density at radius 2 is 1.74 bits per heavy atom. The van der Waals surface area contributed by atoms with Gasteiger partial charge < -0.3 is 10.1 Å². The van der Waals surface area contributed by atoms with Crippen LogP contribution in [0.25, 0.3) is 0 Å². The molecule has 0 aliphatic heterocycles. The van der Waals surface area contributed by atoms with E-state index in [4.69, 9.17) is 16.3 Å². The molecule has 1 aliphatic carbocycles. The average Bonchev–Trinajstić information content (AvgIpc) is 3.23. The number of fused-ring (bicyclic) bond motifs is 1. The van der Waals surface area contributed by atoms with Gasteiger partial charge in [-0.05, 0) is 48.9 Å². The molecular weight excluding hydrogens is 378 g/mol. The number of nitrogens with one attached hydrogen (secondary N) is 1. The lowest BCUT2D eigenvalue weighted by molar-refractivity contribution is 0.0526. The van der Waals surface area contributed by atoms with Crippen molar-refractivity contribution in [1.29, 1.82) is 0 Å². The zero-order valence-corrected chi connectivity index (χ0v) is 16.6. The minimum absolute atomic E-state index is 0.192. The molecule has 0 spiro atoms. The fourth-order valence-corrected chi connectivity index (χ4v) is 5.19. The van der Waals surface area contributed by atoms with Crippen LogP contribution in [-0.4, -0.2) is 12.6 Å². The minimum atomic E-state index is -0.315. The minimum Gasteiger partial charge on any atom is -0.462 e. The summed E-state index contributed by atoms with van der Waals surface area (Å²) in [6.07, 6.45) is 1.79. The summed E-state index contributed by atoms with van der Waals surface area (Å²) in [4.78, 5) is 12.8. The van der Waals surface area contributed by atoms with Gasteiger partial charge in [0.15, 0.2) is 0 Å². The van der Waals surface area contributed by atoms with Gasteiger partial charge in [-0.3, -0.25) is 0 Å². The molecule has 1 heterocycles. The van der Waals surface area contributed by atoms with E-state index in [1.165, 1.54) is 22.5 Å². The molecule has 2 aromatic carbocycles. The predicted molar refractivity (Wildman–Crippen MR) is 112 cm³/mol. The molecule has 0 radical (unpaired) electrons. The number of carbonyl (C=O) groups excluding carboxylic acids is 1. The van der Waals surface area contributed by atoms with Crippen LogP contribution in [0.3, 0.4) is 0 Å². The Bertz CT molecular complexity index is 943. The van der Waals surface area contributed by atoms with E-state index in [2.05, 4.69) is 29.6 Å². The first-order valence-electron chi connectivity index (χ1n) is 9.05. The molecule has 1 aromatic heterocycles. The zero-order chi connectivity index (χ0) is 18.8. The first-order chi connectivity index (χ1) is 13.2. The predicted octanol–water partition coefficient (Wildman–Crippen LogP) is 6.20. The van der Waals surface area contributed by atoms with Gasteiger partial charge in [-0.15, -0.1) is 11.3 Å². The number of ether oxygens (including phenoxy) is 1. The summed E-state index contributed by atoms with van der Waals surface area (Å²) in [7, 11) is 0. The van der Waals surface area contributed by atoms with Crippen LogP contribution < -0.4 is 5.32 Å². The Hall–Kier alpha value is -2.30. The molecule has 138 valence electrons. The Morgan fingerprint density at radius 3 is 2.37 bits per heavy atom. The van der Waals surface area contributed by atoms with E-state index in [0.717, 1.165) is 29.1 Å². The number of rotatable bonds is 5. The summed E-state index contributed by atoms with van der Waals surface area (Å²) in [6.45, 7) is 2.16. The Kier molecular flexibility index (Phi) is 5.19. The lowest BCUT2D eigenvalue weighted by atomic mass is 9.95. The molecule has 4 rings (SSSR count). The molecular formula is C22H20ClNO2S. The highest BCUT2D eigenvalue weighted by molar-refractivity contribution is 7.20. The van der Waals surface area contributed by atoms with Crippen molar-refractivity contribution in [2.75, 3.05) is 11.9 Å². The molecule has 0 saturated carbocycles. The molecule has 0 bridgehead atoms. The summed E-state index contributed by atoms with van der Waals surface area (Å²) < 4.78 is 6.03. The highest BCUT2D eigenvalue weighted by Crippen LogP contribution is 2.46. The topological polar surface area (TPSA) is 38.3 Å². The molecule has 0 fully saturated rings. The number of thiophene rings is 1. The number of hydrogen-bond acceptors (Lipinski definition) is 4. The van der Waals surface area contributed by atoms with E-state index in [1.807, 2.05) is 37.3 Å². The maximum atomic E-state index is 12.8. The number of halogens is 1. The molecule has 27 heavy (non-hydrogen) atoms. The number of anilines is 2. The van der Waals surface area contributed by atoms with E-state index >= 15 is 0 Å². The number of carbonyl (C=O) groups is 1. The smallest absolute Gasteiger partial charge is 0.341 e. The van der Waals surface area contributed by atoms with E-state index in [-0.39, 0.29) is 11.9 Å². The molecule has 0 unspecified atom stereocenters. The van der Waals surface area contributed by atoms with Gasteiger partial charge in [-0.2, -0.15) is 0 Å². The van der Waals surface area contributed by atoms with Crippen molar-refractivity contribution in [1.82, 2.24) is 0 Å². The monoisotopic (exact) mass is 397 g/mol. The van der Waals surface area contributed by atoms with Crippen LogP contribution in [0.1, 0.15) is 39.9 Å². The quantitative estimate of drug-likeness (QED) is 0.520. The lowest BCUT2D eigenvalue weighted by Crippen LogP contribution is -2.11.